The molecule has 2 rings (SSSR count). The van der Waals surface area contributed by atoms with Crippen LogP contribution in [-0.2, 0) is 4.74 Å². The van der Waals surface area contributed by atoms with Gasteiger partial charge in [-0.2, -0.15) is 0 Å². The lowest BCUT2D eigenvalue weighted by molar-refractivity contribution is -0.128. The van der Waals surface area contributed by atoms with Crippen LogP contribution in [0.25, 0.3) is 0 Å². The molecule has 1 fully saturated rings. The Balaban J connectivity index is 2.01. The molecule has 5 heteroatoms. The summed E-state index contributed by atoms with van der Waals surface area (Å²) in [6.07, 6.45) is 0. The lowest BCUT2D eigenvalue weighted by Crippen LogP contribution is -2.50. The van der Waals surface area contributed by atoms with Crippen LogP contribution in [-0.4, -0.2) is 31.5 Å². The monoisotopic (exact) mass is 245 g/mol. The van der Waals surface area contributed by atoms with Crippen LogP contribution in [0.2, 0.25) is 5.02 Å². The number of rotatable bonds is 4. The molecule has 1 saturated heterocycles. The Morgan fingerprint density at radius 2 is 2.25 bits per heavy atom. The maximum absolute atomic E-state index is 13.4. The van der Waals surface area contributed by atoms with Gasteiger partial charge in [-0.1, -0.05) is 11.6 Å². The van der Waals surface area contributed by atoms with Gasteiger partial charge in [0.15, 0.2) is 0 Å². The molecule has 1 heterocycles. The standard InChI is InChI=1S/C11H13ClFNO2/c12-8-1-2-9(13)10(3-8)14-4-11(5-15)6-16-7-11/h1-3,14-15H,4-7H2. The van der Waals surface area contributed by atoms with Gasteiger partial charge in [0.25, 0.3) is 0 Å². The summed E-state index contributed by atoms with van der Waals surface area (Å²) in [6.45, 7) is 1.50. The number of nitrogens with one attached hydrogen (secondary N) is 1. The van der Waals surface area contributed by atoms with E-state index in [2.05, 4.69) is 5.32 Å². The molecule has 0 aliphatic carbocycles. The van der Waals surface area contributed by atoms with Crippen molar-refractivity contribution in [3.05, 3.63) is 29.0 Å². The van der Waals surface area contributed by atoms with Crippen LogP contribution in [0.4, 0.5) is 10.1 Å². The van der Waals surface area contributed by atoms with E-state index in [4.69, 9.17) is 16.3 Å². The van der Waals surface area contributed by atoms with Crippen molar-refractivity contribution in [2.24, 2.45) is 5.41 Å². The molecule has 0 aromatic heterocycles. The molecule has 0 atom stereocenters. The van der Waals surface area contributed by atoms with E-state index in [1.807, 2.05) is 0 Å². The first-order valence-electron chi connectivity index (χ1n) is 5.03. The molecule has 0 unspecified atom stereocenters. The minimum atomic E-state index is -0.349. The number of aliphatic hydroxyl groups excluding tert-OH is 1. The summed E-state index contributed by atoms with van der Waals surface area (Å²) in [5.74, 6) is -0.349. The Bertz CT molecular complexity index is 377. The lowest BCUT2D eigenvalue weighted by atomic mass is 9.87. The minimum Gasteiger partial charge on any atom is -0.396 e. The molecule has 0 bridgehead atoms. The first-order valence-corrected chi connectivity index (χ1v) is 5.41. The fourth-order valence-electron chi connectivity index (χ4n) is 1.56. The topological polar surface area (TPSA) is 41.5 Å². The maximum atomic E-state index is 13.4. The number of halogens is 2. The summed E-state index contributed by atoms with van der Waals surface area (Å²) in [5, 5.41) is 12.6. The van der Waals surface area contributed by atoms with Gasteiger partial charge in [-0.15, -0.1) is 0 Å². The second-order valence-corrected chi connectivity index (χ2v) is 4.57. The Labute approximate surface area is 98.2 Å². The summed E-state index contributed by atoms with van der Waals surface area (Å²) in [6, 6.07) is 4.34. The summed E-state index contributed by atoms with van der Waals surface area (Å²) < 4.78 is 18.4. The van der Waals surface area contributed by atoms with E-state index in [0.717, 1.165) is 0 Å². The number of ether oxygens (including phenoxy) is 1. The predicted octanol–water partition coefficient (Wildman–Crippen LogP) is 1.90. The van der Waals surface area contributed by atoms with Crippen LogP contribution >= 0.6 is 11.6 Å². The highest BCUT2D eigenvalue weighted by Crippen LogP contribution is 2.28. The molecule has 1 aromatic rings. The zero-order chi connectivity index (χ0) is 11.6. The molecular weight excluding hydrogens is 233 g/mol. The van der Waals surface area contributed by atoms with Gasteiger partial charge in [0.2, 0.25) is 0 Å². The first-order chi connectivity index (χ1) is 7.65. The van der Waals surface area contributed by atoms with Gasteiger partial charge in [0.05, 0.1) is 30.9 Å². The quantitative estimate of drug-likeness (QED) is 0.851. The zero-order valence-corrected chi connectivity index (χ0v) is 9.43. The molecule has 2 N–H and O–H groups in total. The summed E-state index contributed by atoms with van der Waals surface area (Å²) in [7, 11) is 0. The fraction of sp³-hybridized carbons (Fsp3) is 0.455. The van der Waals surface area contributed by atoms with Gasteiger partial charge in [-0.3, -0.25) is 0 Å². The fourth-order valence-corrected chi connectivity index (χ4v) is 1.73. The van der Waals surface area contributed by atoms with E-state index < -0.39 is 0 Å². The molecule has 16 heavy (non-hydrogen) atoms. The molecule has 1 aliphatic heterocycles. The molecule has 0 radical (unpaired) electrons. The second kappa shape index (κ2) is 4.57. The van der Waals surface area contributed by atoms with Crippen molar-refractivity contribution < 1.29 is 14.2 Å². The zero-order valence-electron chi connectivity index (χ0n) is 8.67. The Morgan fingerprint density at radius 3 is 2.81 bits per heavy atom. The van der Waals surface area contributed by atoms with Crippen molar-refractivity contribution in [2.75, 3.05) is 31.7 Å². The molecule has 0 spiro atoms. The van der Waals surface area contributed by atoms with Gasteiger partial charge < -0.3 is 15.2 Å². The molecular formula is C11H13ClFNO2. The normalized spacial score (nSPS) is 17.9. The van der Waals surface area contributed by atoms with E-state index in [0.29, 0.717) is 30.5 Å². The molecule has 1 aromatic carbocycles. The number of hydrogen-bond donors (Lipinski definition) is 2. The SMILES string of the molecule is OCC1(CNc2cc(Cl)ccc2F)COC1. The van der Waals surface area contributed by atoms with E-state index in [9.17, 15) is 9.50 Å². The molecule has 0 amide bonds. The van der Waals surface area contributed by atoms with Gasteiger partial charge in [0.1, 0.15) is 5.82 Å². The average Bonchev–Trinajstić information content (AvgIpc) is 2.22. The average molecular weight is 246 g/mol. The number of anilines is 1. The van der Waals surface area contributed by atoms with Crippen LogP contribution in [0, 0.1) is 11.2 Å². The third kappa shape index (κ3) is 2.29. The van der Waals surface area contributed by atoms with Crippen molar-refractivity contribution in [3.8, 4) is 0 Å². The highest BCUT2D eigenvalue weighted by Gasteiger charge is 2.37. The van der Waals surface area contributed by atoms with Crippen molar-refractivity contribution in [1.82, 2.24) is 0 Å². The highest BCUT2D eigenvalue weighted by molar-refractivity contribution is 6.30. The van der Waals surface area contributed by atoms with E-state index in [1.54, 1.807) is 0 Å². The van der Waals surface area contributed by atoms with Crippen molar-refractivity contribution >= 4 is 17.3 Å². The lowest BCUT2D eigenvalue weighted by Gasteiger charge is -2.40. The summed E-state index contributed by atoms with van der Waals surface area (Å²) in [5.41, 5.74) is 0.0709. The number of aliphatic hydroxyl groups is 1. The molecule has 3 nitrogen and oxygen atoms in total. The van der Waals surface area contributed by atoms with Crippen molar-refractivity contribution in [1.29, 1.82) is 0 Å². The summed E-state index contributed by atoms with van der Waals surface area (Å²) >= 11 is 5.77. The third-order valence-corrected chi connectivity index (χ3v) is 2.97. The molecule has 0 saturated carbocycles. The Morgan fingerprint density at radius 1 is 1.50 bits per heavy atom. The van der Waals surface area contributed by atoms with E-state index in [1.165, 1.54) is 18.2 Å². The predicted molar refractivity (Wildman–Crippen MR) is 60.2 cm³/mol. The van der Waals surface area contributed by atoms with Gasteiger partial charge in [0, 0.05) is 11.6 Å². The van der Waals surface area contributed by atoms with Gasteiger partial charge >= 0.3 is 0 Å². The largest absolute Gasteiger partial charge is 0.396 e. The Kier molecular flexibility index (Phi) is 3.33. The highest BCUT2D eigenvalue weighted by atomic mass is 35.5. The van der Waals surface area contributed by atoms with Crippen LogP contribution in [0.15, 0.2) is 18.2 Å². The number of hydrogen-bond acceptors (Lipinski definition) is 3. The maximum Gasteiger partial charge on any atom is 0.146 e. The Hall–Kier alpha value is -0.840. The van der Waals surface area contributed by atoms with Gasteiger partial charge in [-0.05, 0) is 18.2 Å². The second-order valence-electron chi connectivity index (χ2n) is 4.13. The smallest absolute Gasteiger partial charge is 0.146 e. The third-order valence-electron chi connectivity index (χ3n) is 2.73. The first kappa shape index (κ1) is 11.6. The summed E-state index contributed by atoms with van der Waals surface area (Å²) in [4.78, 5) is 0. The van der Waals surface area contributed by atoms with E-state index >= 15 is 0 Å². The van der Waals surface area contributed by atoms with Gasteiger partial charge in [-0.25, -0.2) is 4.39 Å². The molecule has 88 valence electrons. The van der Waals surface area contributed by atoms with Crippen LogP contribution in [0.1, 0.15) is 0 Å². The van der Waals surface area contributed by atoms with Crippen LogP contribution in [0.5, 0.6) is 0 Å². The molecule has 1 aliphatic rings. The van der Waals surface area contributed by atoms with Crippen LogP contribution in [0.3, 0.4) is 0 Å². The van der Waals surface area contributed by atoms with E-state index in [-0.39, 0.29) is 17.8 Å². The van der Waals surface area contributed by atoms with Crippen molar-refractivity contribution in [2.45, 2.75) is 0 Å². The van der Waals surface area contributed by atoms with Crippen molar-refractivity contribution in [3.63, 3.8) is 0 Å². The number of benzene rings is 1. The minimum absolute atomic E-state index is 0.0299. The van der Waals surface area contributed by atoms with Crippen LogP contribution < -0.4 is 5.32 Å².